The Morgan fingerprint density at radius 3 is 2.75 bits per heavy atom. The quantitative estimate of drug-likeness (QED) is 0.821. The van der Waals surface area contributed by atoms with E-state index in [9.17, 15) is 4.79 Å². The first-order valence-electron chi connectivity index (χ1n) is 6.65. The highest BCUT2D eigenvalue weighted by Gasteiger charge is 2.19. The van der Waals surface area contributed by atoms with Crippen LogP contribution in [-0.4, -0.2) is 17.6 Å². The summed E-state index contributed by atoms with van der Waals surface area (Å²) in [5, 5.41) is 9.03. The normalized spacial score (nSPS) is 13.9. The maximum absolute atomic E-state index is 11.0. The van der Waals surface area contributed by atoms with E-state index in [1.807, 2.05) is 18.2 Å². The summed E-state index contributed by atoms with van der Waals surface area (Å²) in [6, 6.07) is 13.4. The van der Waals surface area contributed by atoms with Crippen LogP contribution in [0.3, 0.4) is 0 Å². The Labute approximate surface area is 117 Å². The lowest BCUT2D eigenvalue weighted by molar-refractivity contribution is 0.0698. The number of nitrogen functional groups attached to an aromatic ring is 1. The van der Waals surface area contributed by atoms with Gasteiger partial charge in [-0.3, -0.25) is 0 Å². The second kappa shape index (κ2) is 4.89. The van der Waals surface area contributed by atoms with Crippen molar-refractivity contribution in [3.63, 3.8) is 0 Å². The first-order valence-corrected chi connectivity index (χ1v) is 6.65. The fourth-order valence-corrected chi connectivity index (χ4v) is 2.71. The summed E-state index contributed by atoms with van der Waals surface area (Å²) in [5.74, 6) is -0.993. The Bertz CT molecular complexity index is 667. The van der Waals surface area contributed by atoms with Crippen molar-refractivity contribution in [2.75, 3.05) is 17.2 Å². The van der Waals surface area contributed by atoms with Gasteiger partial charge in [0.2, 0.25) is 0 Å². The molecule has 1 aliphatic rings. The predicted molar refractivity (Wildman–Crippen MR) is 79.6 cm³/mol. The smallest absolute Gasteiger partial charge is 0.337 e. The molecule has 3 rings (SSSR count). The number of fused-ring (bicyclic) bond motifs is 1. The molecule has 2 aromatic rings. The number of carboxylic acids is 1. The molecule has 2 aromatic carbocycles. The fraction of sp³-hybridized carbons (Fsp3) is 0.188. The molecule has 1 aliphatic heterocycles. The molecule has 0 atom stereocenters. The van der Waals surface area contributed by atoms with Crippen LogP contribution in [0.5, 0.6) is 0 Å². The Kier molecular flexibility index (Phi) is 3.06. The Balaban J connectivity index is 2.03. The fourth-order valence-electron chi connectivity index (χ4n) is 2.71. The van der Waals surface area contributed by atoms with E-state index in [1.54, 1.807) is 12.1 Å². The third kappa shape index (κ3) is 2.09. The minimum absolute atomic E-state index is 0.152. The third-order valence-electron chi connectivity index (χ3n) is 3.69. The molecule has 0 amide bonds. The SMILES string of the molecule is Nc1cc(N2CCCc3ccccc32)ccc1C(=O)O. The number of benzene rings is 2. The van der Waals surface area contributed by atoms with Crippen LogP contribution in [0.2, 0.25) is 0 Å². The molecule has 0 aliphatic carbocycles. The van der Waals surface area contributed by atoms with Crippen LogP contribution in [-0.2, 0) is 6.42 Å². The summed E-state index contributed by atoms with van der Waals surface area (Å²) in [5.41, 5.74) is 9.74. The van der Waals surface area contributed by atoms with Crippen LogP contribution in [0, 0.1) is 0 Å². The van der Waals surface area contributed by atoms with Crippen molar-refractivity contribution in [3.05, 3.63) is 53.6 Å². The zero-order valence-corrected chi connectivity index (χ0v) is 11.0. The molecule has 0 radical (unpaired) electrons. The monoisotopic (exact) mass is 268 g/mol. The molecule has 3 N–H and O–H groups in total. The van der Waals surface area contributed by atoms with Gasteiger partial charge < -0.3 is 15.7 Å². The number of hydrogen-bond acceptors (Lipinski definition) is 3. The summed E-state index contributed by atoms with van der Waals surface area (Å²) < 4.78 is 0. The number of aromatic carboxylic acids is 1. The number of carbonyl (C=O) groups is 1. The van der Waals surface area contributed by atoms with Crippen molar-refractivity contribution in [1.29, 1.82) is 0 Å². The first kappa shape index (κ1) is 12.5. The average Bonchev–Trinajstić information content (AvgIpc) is 2.46. The van der Waals surface area contributed by atoms with Crippen molar-refractivity contribution < 1.29 is 9.90 Å². The van der Waals surface area contributed by atoms with Gasteiger partial charge in [0.25, 0.3) is 0 Å². The van der Waals surface area contributed by atoms with Crippen LogP contribution >= 0.6 is 0 Å². The van der Waals surface area contributed by atoms with Crippen molar-refractivity contribution in [2.45, 2.75) is 12.8 Å². The van der Waals surface area contributed by atoms with Gasteiger partial charge in [-0.25, -0.2) is 4.79 Å². The van der Waals surface area contributed by atoms with E-state index >= 15 is 0 Å². The minimum Gasteiger partial charge on any atom is -0.478 e. The molecule has 0 aromatic heterocycles. The van der Waals surface area contributed by atoms with Gasteiger partial charge in [0.05, 0.1) is 5.56 Å². The molecular weight excluding hydrogens is 252 g/mol. The molecule has 0 spiro atoms. The Morgan fingerprint density at radius 2 is 2.00 bits per heavy atom. The number of anilines is 3. The number of aryl methyl sites for hydroxylation is 1. The van der Waals surface area contributed by atoms with E-state index in [2.05, 4.69) is 17.0 Å². The van der Waals surface area contributed by atoms with Crippen LogP contribution in [0.15, 0.2) is 42.5 Å². The highest BCUT2D eigenvalue weighted by molar-refractivity contribution is 5.94. The minimum atomic E-state index is -0.993. The van der Waals surface area contributed by atoms with E-state index in [0.717, 1.165) is 25.1 Å². The van der Waals surface area contributed by atoms with E-state index in [-0.39, 0.29) is 5.56 Å². The largest absolute Gasteiger partial charge is 0.478 e. The molecular formula is C16H16N2O2. The highest BCUT2D eigenvalue weighted by atomic mass is 16.4. The molecule has 0 saturated heterocycles. The van der Waals surface area contributed by atoms with Gasteiger partial charge in [0.1, 0.15) is 0 Å². The number of nitrogens with zero attached hydrogens (tertiary/aromatic N) is 1. The van der Waals surface area contributed by atoms with Crippen molar-refractivity contribution >= 4 is 23.0 Å². The molecule has 102 valence electrons. The van der Waals surface area contributed by atoms with E-state index in [1.165, 1.54) is 11.3 Å². The second-order valence-electron chi connectivity index (χ2n) is 4.96. The van der Waals surface area contributed by atoms with Gasteiger partial charge in [-0.15, -0.1) is 0 Å². The summed E-state index contributed by atoms with van der Waals surface area (Å²) in [6.07, 6.45) is 2.16. The standard InChI is InChI=1S/C16H16N2O2/c17-14-10-12(7-8-13(14)16(19)20)18-9-3-5-11-4-1-2-6-15(11)18/h1-2,4,6-8,10H,3,5,9,17H2,(H,19,20). The van der Waals surface area contributed by atoms with Crippen LogP contribution in [0.25, 0.3) is 0 Å². The topological polar surface area (TPSA) is 66.6 Å². The van der Waals surface area contributed by atoms with E-state index in [0.29, 0.717) is 5.69 Å². The lowest BCUT2D eigenvalue weighted by Gasteiger charge is -2.31. The molecule has 0 unspecified atom stereocenters. The zero-order valence-electron chi connectivity index (χ0n) is 11.0. The third-order valence-corrected chi connectivity index (χ3v) is 3.69. The molecule has 0 saturated carbocycles. The maximum Gasteiger partial charge on any atom is 0.337 e. The molecule has 1 heterocycles. The summed E-state index contributed by atoms with van der Waals surface area (Å²) in [6.45, 7) is 0.920. The molecule has 0 fully saturated rings. The second-order valence-corrected chi connectivity index (χ2v) is 4.96. The lowest BCUT2D eigenvalue weighted by Crippen LogP contribution is -2.24. The van der Waals surface area contributed by atoms with Gasteiger partial charge in [-0.1, -0.05) is 18.2 Å². The van der Waals surface area contributed by atoms with Crippen molar-refractivity contribution in [1.82, 2.24) is 0 Å². The maximum atomic E-state index is 11.0. The molecule has 4 heteroatoms. The van der Waals surface area contributed by atoms with E-state index in [4.69, 9.17) is 10.8 Å². The van der Waals surface area contributed by atoms with Gasteiger partial charge in [-0.2, -0.15) is 0 Å². The number of nitrogens with two attached hydrogens (primary N) is 1. The van der Waals surface area contributed by atoms with Crippen LogP contribution in [0.4, 0.5) is 17.1 Å². The Hall–Kier alpha value is -2.49. The highest BCUT2D eigenvalue weighted by Crippen LogP contribution is 2.34. The van der Waals surface area contributed by atoms with Crippen molar-refractivity contribution in [3.8, 4) is 0 Å². The summed E-state index contributed by atoms with van der Waals surface area (Å²) >= 11 is 0. The van der Waals surface area contributed by atoms with E-state index < -0.39 is 5.97 Å². The lowest BCUT2D eigenvalue weighted by atomic mass is 10.0. The number of hydrogen-bond donors (Lipinski definition) is 2. The van der Waals surface area contributed by atoms with Gasteiger partial charge in [0, 0.05) is 23.6 Å². The van der Waals surface area contributed by atoms with Crippen LogP contribution in [0.1, 0.15) is 22.3 Å². The predicted octanol–water partition coefficient (Wildman–Crippen LogP) is 3.05. The Morgan fingerprint density at radius 1 is 1.20 bits per heavy atom. The summed E-state index contributed by atoms with van der Waals surface area (Å²) in [4.78, 5) is 13.2. The number of para-hydroxylation sites is 1. The number of rotatable bonds is 2. The van der Waals surface area contributed by atoms with Gasteiger partial charge in [0.15, 0.2) is 0 Å². The van der Waals surface area contributed by atoms with Crippen molar-refractivity contribution in [2.24, 2.45) is 0 Å². The number of carboxylic acid groups (broad SMARTS) is 1. The summed E-state index contributed by atoms with van der Waals surface area (Å²) in [7, 11) is 0. The average molecular weight is 268 g/mol. The molecule has 20 heavy (non-hydrogen) atoms. The zero-order chi connectivity index (χ0) is 14.1. The first-order chi connectivity index (χ1) is 9.66. The molecule has 4 nitrogen and oxygen atoms in total. The van der Waals surface area contributed by atoms with Gasteiger partial charge in [-0.05, 0) is 42.7 Å². The van der Waals surface area contributed by atoms with Crippen LogP contribution < -0.4 is 10.6 Å². The van der Waals surface area contributed by atoms with Gasteiger partial charge >= 0.3 is 5.97 Å². The molecule has 0 bridgehead atoms.